The first-order valence-electron chi connectivity index (χ1n) is 9.05. The predicted molar refractivity (Wildman–Crippen MR) is 106 cm³/mol. The summed E-state index contributed by atoms with van der Waals surface area (Å²) in [5, 5.41) is 0. The first-order chi connectivity index (χ1) is 12.5. The topological polar surface area (TPSA) is 55.6 Å². The lowest BCUT2D eigenvalue weighted by Crippen LogP contribution is -2.38. The number of benzene rings is 2. The number of carbonyl (C=O) groups is 1. The molecule has 1 heterocycles. The Morgan fingerprint density at radius 3 is 2.62 bits per heavy atom. The van der Waals surface area contributed by atoms with E-state index in [2.05, 4.69) is 19.1 Å². The first-order valence-corrected chi connectivity index (χ1v) is 9.05. The lowest BCUT2D eigenvalue weighted by molar-refractivity contribution is 0.0684. The fourth-order valence-electron chi connectivity index (χ4n) is 3.32. The fourth-order valence-corrected chi connectivity index (χ4v) is 3.32. The molecule has 0 saturated heterocycles. The van der Waals surface area contributed by atoms with E-state index in [0.717, 1.165) is 23.2 Å². The maximum absolute atomic E-state index is 12.6. The molecule has 0 radical (unpaired) electrons. The quantitative estimate of drug-likeness (QED) is 0.797. The fraction of sp³-hybridized carbons (Fsp3) is 0.318. The van der Waals surface area contributed by atoms with Crippen LogP contribution in [0.5, 0.6) is 0 Å². The maximum Gasteiger partial charge on any atom is 0.410 e. The van der Waals surface area contributed by atoms with Crippen LogP contribution in [0, 0.1) is 6.92 Å². The lowest BCUT2D eigenvalue weighted by Gasteiger charge is -2.35. The average Bonchev–Trinajstić information content (AvgIpc) is 2.63. The summed E-state index contributed by atoms with van der Waals surface area (Å²) in [4.78, 5) is 14.4. The summed E-state index contributed by atoms with van der Waals surface area (Å²) in [5.74, 6) is 0. The molecule has 0 fully saturated rings. The van der Waals surface area contributed by atoms with Gasteiger partial charge in [0.05, 0.1) is 12.1 Å². The highest BCUT2D eigenvalue weighted by molar-refractivity contribution is 5.79. The summed E-state index contributed by atoms with van der Waals surface area (Å²) in [6.45, 7) is 6.40. The summed E-state index contributed by atoms with van der Waals surface area (Å²) in [6, 6.07) is 16.0. The molecule has 1 amide bonds. The number of hydrogen-bond acceptors (Lipinski definition) is 3. The zero-order chi connectivity index (χ0) is 18.7. The van der Waals surface area contributed by atoms with Crippen LogP contribution in [-0.4, -0.2) is 23.6 Å². The Morgan fingerprint density at radius 2 is 1.92 bits per heavy atom. The number of anilines is 1. The normalized spacial score (nSPS) is 17.2. The Labute approximate surface area is 155 Å². The molecule has 3 rings (SSSR count). The molecule has 4 heteroatoms. The maximum atomic E-state index is 12.6. The van der Waals surface area contributed by atoms with E-state index >= 15 is 0 Å². The molecule has 4 nitrogen and oxygen atoms in total. The monoisotopic (exact) mass is 350 g/mol. The van der Waals surface area contributed by atoms with Crippen molar-refractivity contribution in [1.29, 1.82) is 0 Å². The van der Waals surface area contributed by atoms with Gasteiger partial charge in [0.1, 0.15) is 0 Å². The van der Waals surface area contributed by atoms with Gasteiger partial charge in [0.2, 0.25) is 0 Å². The third-order valence-electron chi connectivity index (χ3n) is 4.58. The van der Waals surface area contributed by atoms with Crippen molar-refractivity contribution in [2.45, 2.75) is 39.3 Å². The van der Waals surface area contributed by atoms with Gasteiger partial charge in [-0.3, -0.25) is 4.90 Å². The van der Waals surface area contributed by atoms with Crippen molar-refractivity contribution >= 4 is 17.4 Å². The first kappa shape index (κ1) is 18.1. The Morgan fingerprint density at radius 1 is 1.19 bits per heavy atom. The van der Waals surface area contributed by atoms with E-state index in [1.165, 1.54) is 11.1 Å². The Hall–Kier alpha value is -2.75. The number of amides is 1. The van der Waals surface area contributed by atoms with E-state index in [0.29, 0.717) is 6.54 Å². The van der Waals surface area contributed by atoms with Crippen molar-refractivity contribution in [2.75, 3.05) is 12.3 Å². The van der Waals surface area contributed by atoms with Crippen molar-refractivity contribution in [2.24, 2.45) is 0 Å². The van der Waals surface area contributed by atoms with Crippen molar-refractivity contribution in [3.05, 3.63) is 71.3 Å². The van der Waals surface area contributed by atoms with E-state index in [9.17, 15) is 4.79 Å². The minimum atomic E-state index is -0.277. The summed E-state index contributed by atoms with van der Waals surface area (Å²) in [5.41, 5.74) is 11.5. The number of aryl methyl sites for hydroxylation is 1. The standard InChI is InChI=1S/C22H26N2O2/c1-15(2)26-22(25)24-12-11-18(19-13-16(3)9-10-20(19)23)14-21(24)17-7-5-4-6-8-17/h4-10,13-15,21H,11-12,23H2,1-3H3. The van der Waals surface area contributed by atoms with E-state index in [-0.39, 0.29) is 18.2 Å². The van der Waals surface area contributed by atoms with Gasteiger partial charge in [-0.2, -0.15) is 0 Å². The molecule has 0 aliphatic carbocycles. The molecule has 26 heavy (non-hydrogen) atoms. The van der Waals surface area contributed by atoms with Crippen LogP contribution in [0.15, 0.2) is 54.6 Å². The smallest absolute Gasteiger partial charge is 0.410 e. The second kappa shape index (κ2) is 7.65. The molecule has 2 aromatic rings. The number of rotatable bonds is 3. The minimum Gasteiger partial charge on any atom is -0.447 e. The van der Waals surface area contributed by atoms with E-state index in [4.69, 9.17) is 10.5 Å². The van der Waals surface area contributed by atoms with Gasteiger partial charge in [-0.1, -0.05) is 48.0 Å². The molecular weight excluding hydrogens is 324 g/mol. The van der Waals surface area contributed by atoms with Crippen LogP contribution >= 0.6 is 0 Å². The molecule has 0 aromatic heterocycles. The third-order valence-corrected chi connectivity index (χ3v) is 4.58. The van der Waals surface area contributed by atoms with Gasteiger partial charge in [-0.15, -0.1) is 0 Å². The molecule has 136 valence electrons. The number of nitrogens with two attached hydrogens (primary N) is 1. The average molecular weight is 350 g/mol. The van der Waals surface area contributed by atoms with E-state index in [1.807, 2.05) is 56.3 Å². The molecule has 1 aliphatic rings. The number of ether oxygens (including phenoxy) is 1. The molecule has 1 atom stereocenters. The van der Waals surface area contributed by atoms with Gasteiger partial charge in [-0.05, 0) is 50.5 Å². The number of hydrogen-bond donors (Lipinski definition) is 1. The Bertz CT molecular complexity index is 812. The molecule has 0 bridgehead atoms. The van der Waals surface area contributed by atoms with Gasteiger partial charge in [0.15, 0.2) is 0 Å². The second-order valence-electron chi connectivity index (χ2n) is 7.01. The van der Waals surface area contributed by atoms with Crippen molar-refractivity contribution < 1.29 is 9.53 Å². The highest BCUT2D eigenvalue weighted by Gasteiger charge is 2.30. The van der Waals surface area contributed by atoms with Gasteiger partial charge in [0.25, 0.3) is 0 Å². The van der Waals surface area contributed by atoms with E-state index in [1.54, 1.807) is 4.90 Å². The summed E-state index contributed by atoms with van der Waals surface area (Å²) in [6.07, 6.45) is 2.48. The van der Waals surface area contributed by atoms with Crippen molar-refractivity contribution in [3.63, 3.8) is 0 Å². The molecular formula is C22H26N2O2. The summed E-state index contributed by atoms with van der Waals surface area (Å²) in [7, 11) is 0. The molecule has 2 aromatic carbocycles. The summed E-state index contributed by atoms with van der Waals surface area (Å²) >= 11 is 0. The van der Waals surface area contributed by atoms with Gasteiger partial charge < -0.3 is 10.5 Å². The predicted octanol–water partition coefficient (Wildman–Crippen LogP) is 4.95. The van der Waals surface area contributed by atoms with Crippen molar-refractivity contribution in [3.8, 4) is 0 Å². The zero-order valence-corrected chi connectivity index (χ0v) is 15.6. The molecule has 1 aliphatic heterocycles. The highest BCUT2D eigenvalue weighted by atomic mass is 16.6. The van der Waals surface area contributed by atoms with Crippen LogP contribution in [0.25, 0.3) is 5.57 Å². The number of nitrogens with zero attached hydrogens (tertiary/aromatic N) is 1. The second-order valence-corrected chi connectivity index (χ2v) is 7.01. The van der Waals surface area contributed by atoms with Crippen molar-refractivity contribution in [1.82, 2.24) is 4.90 Å². The van der Waals surface area contributed by atoms with Crippen LogP contribution in [0.1, 0.15) is 43.0 Å². The third kappa shape index (κ3) is 3.90. The number of carbonyl (C=O) groups excluding carboxylic acids is 1. The highest BCUT2D eigenvalue weighted by Crippen LogP contribution is 2.36. The molecule has 1 unspecified atom stereocenters. The Kier molecular flexibility index (Phi) is 5.31. The largest absolute Gasteiger partial charge is 0.447 e. The van der Waals surface area contributed by atoms with Crippen LogP contribution in [0.3, 0.4) is 0 Å². The lowest BCUT2D eigenvalue weighted by atomic mass is 9.91. The van der Waals surface area contributed by atoms with Crippen LogP contribution < -0.4 is 5.73 Å². The Balaban J connectivity index is 2.01. The molecule has 2 N–H and O–H groups in total. The molecule has 0 spiro atoms. The minimum absolute atomic E-state index is 0.142. The molecule has 0 saturated carbocycles. The van der Waals surface area contributed by atoms with Crippen LogP contribution in [0.2, 0.25) is 0 Å². The van der Waals surface area contributed by atoms with Gasteiger partial charge in [0, 0.05) is 17.8 Å². The van der Waals surface area contributed by atoms with Crippen LogP contribution in [0.4, 0.5) is 10.5 Å². The van der Waals surface area contributed by atoms with Gasteiger partial charge >= 0.3 is 6.09 Å². The van der Waals surface area contributed by atoms with E-state index < -0.39 is 0 Å². The number of nitrogen functional groups attached to an aromatic ring is 1. The zero-order valence-electron chi connectivity index (χ0n) is 15.6. The van der Waals surface area contributed by atoms with Gasteiger partial charge in [-0.25, -0.2) is 4.79 Å². The summed E-state index contributed by atoms with van der Waals surface area (Å²) < 4.78 is 5.46. The SMILES string of the molecule is Cc1ccc(N)c(C2=CC(c3ccccc3)N(C(=O)OC(C)C)CC2)c1. The van der Waals surface area contributed by atoms with Crippen LogP contribution in [-0.2, 0) is 4.74 Å².